The molecular weight excluding hydrogens is 725 g/mol. The summed E-state index contributed by atoms with van der Waals surface area (Å²) in [6.07, 6.45) is 20.2. The summed E-state index contributed by atoms with van der Waals surface area (Å²) in [5, 5.41) is 0.334. The predicted molar refractivity (Wildman–Crippen MR) is 245 cm³/mol. The lowest BCUT2D eigenvalue weighted by Gasteiger charge is -2.59. The van der Waals surface area contributed by atoms with Crippen molar-refractivity contribution in [1.29, 1.82) is 0 Å². The quantitative estimate of drug-likeness (QED) is 0.115. The van der Waals surface area contributed by atoms with Crippen molar-refractivity contribution in [3.63, 3.8) is 0 Å². The first kappa shape index (κ1) is 47.1. The van der Waals surface area contributed by atoms with Crippen molar-refractivity contribution in [2.45, 2.75) is 227 Å². The van der Waals surface area contributed by atoms with E-state index in [2.05, 4.69) is 160 Å². The molecule has 4 aliphatic rings. The molecule has 2 saturated carbocycles. The minimum Gasteiger partial charge on any atom is -0.414 e. The van der Waals surface area contributed by atoms with E-state index in [9.17, 15) is 0 Å². The lowest BCUT2D eigenvalue weighted by atomic mass is 9.49. The molecule has 7 heteroatoms. The van der Waals surface area contributed by atoms with E-state index in [4.69, 9.17) is 18.0 Å². The van der Waals surface area contributed by atoms with Crippen LogP contribution in [0, 0.1) is 22.7 Å². The number of hydrogen-bond acceptors (Lipinski definition) is 4. The smallest absolute Gasteiger partial charge is 0.193 e. The highest BCUT2D eigenvalue weighted by Gasteiger charge is 2.60. The lowest BCUT2D eigenvalue weighted by molar-refractivity contribution is -0.0431. The molecule has 0 aliphatic heterocycles. The van der Waals surface area contributed by atoms with E-state index in [1.54, 1.807) is 11.1 Å². The van der Waals surface area contributed by atoms with Crippen molar-refractivity contribution in [3.05, 3.63) is 47.1 Å². The Balaban J connectivity index is 1.60. The SMILES string of the molecule is CCC(C=CCOC(C)(C)C1=CC[C@H]2C3=CC=C4C[C@@H](O[Si](C)(C)C(C)(C)C)C[C@H](O[Si](C)(C)C(C)(C)C)[C@]4(C)[C@H]3CC[C@]12C)(CC)O[Si](CC)(CC)CC. The third-order valence-corrected chi connectivity index (χ3v) is 30.6. The van der Waals surface area contributed by atoms with Crippen molar-refractivity contribution in [2.75, 3.05) is 6.61 Å². The molecule has 4 aliphatic carbocycles. The maximum atomic E-state index is 7.61. The van der Waals surface area contributed by atoms with Gasteiger partial charge in [0.15, 0.2) is 25.0 Å². The van der Waals surface area contributed by atoms with Gasteiger partial charge in [0.1, 0.15) is 0 Å². The zero-order valence-corrected chi connectivity index (χ0v) is 42.6. The molecule has 316 valence electrons. The Hall–Kier alpha value is -0.549. The van der Waals surface area contributed by atoms with Crippen molar-refractivity contribution in [2.24, 2.45) is 22.7 Å². The van der Waals surface area contributed by atoms with E-state index in [0.717, 1.165) is 32.1 Å². The Labute approximate surface area is 344 Å². The molecule has 0 aromatic heterocycles. The van der Waals surface area contributed by atoms with Crippen LogP contribution >= 0.6 is 0 Å². The Morgan fingerprint density at radius 3 is 1.87 bits per heavy atom. The molecule has 4 nitrogen and oxygen atoms in total. The molecule has 0 unspecified atom stereocenters. The molecule has 0 amide bonds. The maximum absolute atomic E-state index is 7.61. The Morgan fingerprint density at radius 2 is 1.35 bits per heavy atom. The monoisotopic (exact) mass is 813 g/mol. The number of hydrogen-bond donors (Lipinski definition) is 0. The average Bonchev–Trinajstić information content (AvgIpc) is 3.46. The molecule has 0 heterocycles. The summed E-state index contributed by atoms with van der Waals surface area (Å²) in [6.45, 7) is 46.0. The summed E-state index contributed by atoms with van der Waals surface area (Å²) in [7, 11) is -5.74. The zero-order chi connectivity index (χ0) is 41.7. The first-order valence-electron chi connectivity index (χ1n) is 22.7. The van der Waals surface area contributed by atoms with Crippen LogP contribution in [0.1, 0.15) is 149 Å². The van der Waals surface area contributed by atoms with Gasteiger partial charge in [-0.2, -0.15) is 0 Å². The fourth-order valence-corrected chi connectivity index (χ4v) is 16.5. The second-order valence-electron chi connectivity index (χ2n) is 22.2. The number of fused-ring (bicyclic) bond motifs is 5. The second-order valence-corrected chi connectivity index (χ2v) is 36.4. The van der Waals surface area contributed by atoms with Gasteiger partial charge in [-0.1, -0.05) is 132 Å². The molecular formula is C48H88O4Si3. The fraction of sp³-hybridized carbons (Fsp3) is 0.833. The van der Waals surface area contributed by atoms with Gasteiger partial charge in [0.25, 0.3) is 0 Å². The average molecular weight is 813 g/mol. The van der Waals surface area contributed by atoms with E-state index >= 15 is 0 Å². The van der Waals surface area contributed by atoms with E-state index < -0.39 is 25.0 Å². The predicted octanol–water partition coefficient (Wildman–Crippen LogP) is 14.7. The largest absolute Gasteiger partial charge is 0.414 e. The van der Waals surface area contributed by atoms with E-state index in [0.29, 0.717) is 18.4 Å². The molecule has 0 spiro atoms. The van der Waals surface area contributed by atoms with E-state index in [1.165, 1.54) is 36.5 Å². The number of ether oxygens (including phenoxy) is 1. The highest BCUT2D eigenvalue weighted by atomic mass is 28.4. The van der Waals surface area contributed by atoms with Crippen molar-refractivity contribution in [1.82, 2.24) is 0 Å². The topological polar surface area (TPSA) is 36.9 Å². The Morgan fingerprint density at radius 1 is 0.782 bits per heavy atom. The minimum atomic E-state index is -2.05. The highest BCUT2D eigenvalue weighted by Crippen LogP contribution is 2.66. The third kappa shape index (κ3) is 8.99. The molecule has 0 bridgehead atoms. The molecule has 0 radical (unpaired) electrons. The fourth-order valence-electron chi connectivity index (χ4n) is 10.6. The Bertz CT molecular complexity index is 1460. The molecule has 0 saturated heterocycles. The Kier molecular flexibility index (Phi) is 14.1. The van der Waals surface area contributed by atoms with Gasteiger partial charge in [0, 0.05) is 5.41 Å². The van der Waals surface area contributed by atoms with E-state index in [-0.39, 0.29) is 44.3 Å². The van der Waals surface area contributed by atoms with Gasteiger partial charge in [-0.25, -0.2) is 0 Å². The molecule has 4 rings (SSSR count). The number of rotatable bonds is 16. The summed E-state index contributed by atoms with van der Waals surface area (Å²) in [4.78, 5) is 0. The summed E-state index contributed by atoms with van der Waals surface area (Å²) in [5.74, 6) is 0.996. The summed E-state index contributed by atoms with van der Waals surface area (Å²) >= 11 is 0. The van der Waals surface area contributed by atoms with Crippen molar-refractivity contribution < 1.29 is 18.0 Å². The van der Waals surface area contributed by atoms with Crippen LogP contribution in [-0.2, 0) is 18.0 Å². The van der Waals surface area contributed by atoms with Gasteiger partial charge in [-0.3, -0.25) is 0 Å². The van der Waals surface area contributed by atoms with Crippen molar-refractivity contribution in [3.8, 4) is 0 Å². The van der Waals surface area contributed by atoms with Crippen LogP contribution in [0.3, 0.4) is 0 Å². The van der Waals surface area contributed by atoms with Gasteiger partial charge >= 0.3 is 0 Å². The van der Waals surface area contributed by atoms with Crippen LogP contribution in [0.25, 0.3) is 0 Å². The highest BCUT2D eigenvalue weighted by molar-refractivity contribution is 6.74. The van der Waals surface area contributed by atoms with Crippen LogP contribution in [-0.4, -0.2) is 55.0 Å². The first-order valence-corrected chi connectivity index (χ1v) is 31.0. The van der Waals surface area contributed by atoms with Gasteiger partial charge in [-0.05, 0) is 136 Å². The third-order valence-electron chi connectivity index (χ3n) is 16.9. The molecule has 6 atom stereocenters. The summed E-state index contributed by atoms with van der Waals surface area (Å²) in [5.41, 5.74) is 4.27. The molecule has 55 heavy (non-hydrogen) atoms. The molecule has 0 aromatic rings. The molecule has 0 N–H and O–H groups in total. The van der Waals surface area contributed by atoms with Gasteiger partial charge < -0.3 is 18.0 Å². The van der Waals surface area contributed by atoms with Gasteiger partial charge in [0.05, 0.1) is 30.0 Å². The minimum absolute atomic E-state index is 0.0192. The van der Waals surface area contributed by atoms with Crippen LogP contribution in [0.15, 0.2) is 47.1 Å². The standard InChI is InChI=1S/C48H88O4Si3/c1-20-48(21-2,52-55(22-3,23-4)24-5)31-25-33-49-45(12,13)41-29-28-39-38-27-26-36-34-37(50-53(16,17)43(6,7)8)35-42(51-54(18,19)44(9,10)11)47(36,15)40(38)30-32-46(39,41)14/h25-27,29,31,37,39-40,42H,20-24,28,30,32-35H2,1-19H3/t37-,39+,40+,42+,46+,47+/m1/s1. The van der Waals surface area contributed by atoms with Crippen LogP contribution < -0.4 is 0 Å². The maximum Gasteiger partial charge on any atom is 0.193 e. The lowest BCUT2D eigenvalue weighted by Crippen LogP contribution is -2.58. The van der Waals surface area contributed by atoms with Crippen LogP contribution in [0.4, 0.5) is 0 Å². The normalized spacial score (nSPS) is 29.8. The molecule has 0 aromatic carbocycles. The second kappa shape index (κ2) is 16.5. The van der Waals surface area contributed by atoms with Gasteiger partial charge in [-0.15, -0.1) is 0 Å². The molecule has 2 fully saturated rings. The van der Waals surface area contributed by atoms with Crippen molar-refractivity contribution >= 4 is 25.0 Å². The zero-order valence-electron chi connectivity index (χ0n) is 39.6. The van der Waals surface area contributed by atoms with E-state index in [1.807, 2.05) is 0 Å². The first-order chi connectivity index (χ1) is 25.2. The van der Waals surface area contributed by atoms with Gasteiger partial charge in [0.2, 0.25) is 0 Å². The van der Waals surface area contributed by atoms with Crippen LogP contribution in [0.5, 0.6) is 0 Å². The summed E-state index contributed by atoms with van der Waals surface area (Å²) < 4.78 is 28.9. The van der Waals surface area contributed by atoms with Crippen LogP contribution in [0.2, 0.25) is 54.4 Å². The summed E-state index contributed by atoms with van der Waals surface area (Å²) in [6, 6.07) is 3.53. The number of allylic oxidation sites excluding steroid dienone is 4.